The monoisotopic (exact) mass is 542 g/mol. The van der Waals surface area contributed by atoms with Crippen molar-refractivity contribution >= 4 is 11.5 Å². The SMILES string of the molecule is COc1ccc(F)c(-c2ccc(COc3ccc4c(c3)C3(CCO4)C(C)C3C(=O)O)cc2C2=CCCC2(C)C)c1. The molecule has 6 rings (SSSR count). The van der Waals surface area contributed by atoms with Gasteiger partial charge in [-0.2, -0.15) is 0 Å². The van der Waals surface area contributed by atoms with Crippen molar-refractivity contribution in [2.45, 2.75) is 52.1 Å². The van der Waals surface area contributed by atoms with E-state index >= 15 is 4.39 Å². The van der Waals surface area contributed by atoms with Gasteiger partial charge in [-0.1, -0.05) is 39.0 Å². The van der Waals surface area contributed by atoms with Crippen molar-refractivity contribution in [3.8, 4) is 28.4 Å². The molecule has 3 atom stereocenters. The van der Waals surface area contributed by atoms with Crippen molar-refractivity contribution in [3.63, 3.8) is 0 Å². The maximum absolute atomic E-state index is 15.1. The molecule has 0 saturated heterocycles. The Hall–Kier alpha value is -3.80. The van der Waals surface area contributed by atoms with E-state index in [1.165, 1.54) is 11.6 Å². The molecule has 1 fully saturated rings. The smallest absolute Gasteiger partial charge is 0.307 e. The molecule has 3 aromatic rings. The van der Waals surface area contributed by atoms with E-state index in [-0.39, 0.29) is 17.2 Å². The van der Waals surface area contributed by atoms with E-state index in [9.17, 15) is 9.90 Å². The van der Waals surface area contributed by atoms with Crippen LogP contribution in [0, 0.1) is 23.1 Å². The predicted molar refractivity (Wildman–Crippen MR) is 152 cm³/mol. The van der Waals surface area contributed by atoms with Gasteiger partial charge in [0.25, 0.3) is 0 Å². The molecule has 2 aliphatic carbocycles. The summed E-state index contributed by atoms with van der Waals surface area (Å²) in [5.74, 6) is 0.642. The van der Waals surface area contributed by atoms with E-state index in [1.807, 2.05) is 37.3 Å². The van der Waals surface area contributed by atoms with Gasteiger partial charge < -0.3 is 19.3 Å². The number of fused-ring (bicyclic) bond motifs is 2. The number of hydrogen-bond acceptors (Lipinski definition) is 4. The molecule has 0 bridgehead atoms. The van der Waals surface area contributed by atoms with Crippen LogP contribution in [0.5, 0.6) is 17.2 Å². The number of ether oxygens (including phenoxy) is 3. The Balaban J connectivity index is 1.32. The van der Waals surface area contributed by atoms with Gasteiger partial charge in [0.05, 0.1) is 19.6 Å². The molecule has 1 saturated carbocycles. The van der Waals surface area contributed by atoms with E-state index < -0.39 is 17.3 Å². The van der Waals surface area contributed by atoms with Gasteiger partial charge in [0.15, 0.2) is 0 Å². The number of carboxylic acid groups (broad SMARTS) is 1. The molecule has 6 heteroatoms. The first-order chi connectivity index (χ1) is 19.2. The number of hydrogen-bond donors (Lipinski definition) is 1. The van der Waals surface area contributed by atoms with Crippen LogP contribution in [0.1, 0.15) is 56.7 Å². The van der Waals surface area contributed by atoms with Crippen LogP contribution in [0.25, 0.3) is 16.7 Å². The van der Waals surface area contributed by atoms with Crippen molar-refractivity contribution < 1.29 is 28.5 Å². The van der Waals surface area contributed by atoms with Crippen LogP contribution in [0.4, 0.5) is 4.39 Å². The summed E-state index contributed by atoms with van der Waals surface area (Å²) in [6.45, 7) is 7.32. The molecule has 1 aliphatic heterocycles. The minimum Gasteiger partial charge on any atom is -0.497 e. The molecule has 0 radical (unpaired) electrons. The molecule has 0 aromatic heterocycles. The molecular formula is C34H35FO5. The Morgan fingerprint density at radius 3 is 2.52 bits per heavy atom. The Labute approximate surface area is 234 Å². The lowest BCUT2D eigenvalue weighted by molar-refractivity contribution is -0.139. The lowest BCUT2D eigenvalue weighted by Gasteiger charge is -2.28. The molecule has 1 N–H and O–H groups in total. The van der Waals surface area contributed by atoms with Crippen LogP contribution >= 0.6 is 0 Å². The zero-order valence-corrected chi connectivity index (χ0v) is 23.4. The van der Waals surface area contributed by atoms with Gasteiger partial charge in [0, 0.05) is 16.5 Å². The molecule has 3 unspecified atom stereocenters. The minimum atomic E-state index is -0.754. The highest BCUT2D eigenvalue weighted by Gasteiger charge is 2.68. The molecule has 3 aliphatic rings. The number of benzene rings is 3. The predicted octanol–water partition coefficient (Wildman–Crippen LogP) is 7.65. The fraction of sp³-hybridized carbons (Fsp3) is 0.382. The molecule has 1 heterocycles. The summed E-state index contributed by atoms with van der Waals surface area (Å²) in [4.78, 5) is 11.9. The summed E-state index contributed by atoms with van der Waals surface area (Å²) in [5, 5.41) is 9.78. The van der Waals surface area contributed by atoms with Gasteiger partial charge >= 0.3 is 5.97 Å². The number of carbonyl (C=O) groups is 1. The average molecular weight is 543 g/mol. The van der Waals surface area contributed by atoms with E-state index in [0.717, 1.165) is 40.8 Å². The Morgan fingerprint density at radius 1 is 1.02 bits per heavy atom. The van der Waals surface area contributed by atoms with Crippen molar-refractivity contribution in [2.24, 2.45) is 17.3 Å². The largest absolute Gasteiger partial charge is 0.497 e. The van der Waals surface area contributed by atoms with Gasteiger partial charge in [-0.15, -0.1) is 0 Å². The number of allylic oxidation sites excluding steroid dienone is 2. The first-order valence-electron chi connectivity index (χ1n) is 14.0. The standard InChI is InChI=1S/C34H35FO5/c1-20-31(32(36)37)34(20)14-15-39-30-12-9-23(18-28(30)34)40-19-21-7-10-24(26-17-22(38-4)8-11-29(26)35)25(16-21)27-6-5-13-33(27,2)3/h6-12,16-18,20,31H,5,13-15,19H2,1-4H3,(H,36,37). The third kappa shape index (κ3) is 4.25. The zero-order valence-electron chi connectivity index (χ0n) is 23.4. The topological polar surface area (TPSA) is 65.0 Å². The van der Waals surface area contributed by atoms with Gasteiger partial charge in [0.2, 0.25) is 0 Å². The Kier molecular flexibility index (Phi) is 6.40. The van der Waals surface area contributed by atoms with Crippen molar-refractivity contribution in [1.82, 2.24) is 0 Å². The molecular weight excluding hydrogens is 507 g/mol. The van der Waals surface area contributed by atoms with Gasteiger partial charge in [0.1, 0.15) is 29.7 Å². The van der Waals surface area contributed by atoms with Gasteiger partial charge in [-0.25, -0.2) is 4.39 Å². The second kappa shape index (κ2) is 9.69. The van der Waals surface area contributed by atoms with Crippen LogP contribution in [-0.2, 0) is 16.8 Å². The molecule has 40 heavy (non-hydrogen) atoms. The van der Waals surface area contributed by atoms with Crippen LogP contribution in [-0.4, -0.2) is 24.8 Å². The van der Waals surface area contributed by atoms with Gasteiger partial charge in [-0.3, -0.25) is 4.79 Å². The summed E-state index contributed by atoms with van der Waals surface area (Å²) < 4.78 is 32.6. The number of aliphatic carboxylic acids is 1. The van der Waals surface area contributed by atoms with Crippen molar-refractivity contribution in [2.75, 3.05) is 13.7 Å². The molecule has 208 valence electrons. The van der Waals surface area contributed by atoms with Crippen LogP contribution in [0.2, 0.25) is 0 Å². The van der Waals surface area contributed by atoms with E-state index in [2.05, 4.69) is 26.0 Å². The minimum absolute atomic E-state index is 0.0297. The fourth-order valence-electron chi connectivity index (χ4n) is 7.02. The summed E-state index contributed by atoms with van der Waals surface area (Å²) in [6, 6.07) is 16.6. The fourth-order valence-corrected chi connectivity index (χ4v) is 7.02. The molecule has 3 aromatic carbocycles. The first kappa shape index (κ1) is 26.4. The Bertz CT molecular complexity index is 1520. The summed E-state index contributed by atoms with van der Waals surface area (Å²) in [6.07, 6.45) is 4.98. The average Bonchev–Trinajstić information content (AvgIpc) is 3.35. The molecule has 0 amide bonds. The Morgan fingerprint density at radius 2 is 1.82 bits per heavy atom. The van der Waals surface area contributed by atoms with Crippen molar-refractivity contribution in [3.05, 3.63) is 83.2 Å². The summed E-state index contributed by atoms with van der Waals surface area (Å²) in [7, 11) is 1.58. The van der Waals surface area contributed by atoms with Gasteiger partial charge in [-0.05, 0) is 95.3 Å². The van der Waals surface area contributed by atoms with Crippen LogP contribution in [0.15, 0.2) is 60.7 Å². The first-order valence-corrected chi connectivity index (χ1v) is 14.0. The molecule has 5 nitrogen and oxygen atoms in total. The van der Waals surface area contributed by atoms with Crippen LogP contribution < -0.4 is 14.2 Å². The highest BCUT2D eigenvalue weighted by molar-refractivity contribution is 5.85. The number of carboxylic acids is 1. The third-order valence-corrected chi connectivity index (χ3v) is 9.34. The maximum Gasteiger partial charge on any atom is 0.307 e. The lowest BCUT2D eigenvalue weighted by atomic mass is 9.79. The zero-order chi connectivity index (χ0) is 28.2. The number of rotatable bonds is 7. The lowest BCUT2D eigenvalue weighted by Crippen LogP contribution is -2.24. The summed E-state index contributed by atoms with van der Waals surface area (Å²) >= 11 is 0. The van der Waals surface area contributed by atoms with E-state index in [1.54, 1.807) is 19.2 Å². The highest BCUT2D eigenvalue weighted by Crippen LogP contribution is 2.65. The van der Waals surface area contributed by atoms with Crippen molar-refractivity contribution in [1.29, 1.82) is 0 Å². The third-order valence-electron chi connectivity index (χ3n) is 9.34. The highest BCUT2D eigenvalue weighted by atomic mass is 19.1. The van der Waals surface area contributed by atoms with Crippen LogP contribution in [0.3, 0.4) is 0 Å². The quantitative estimate of drug-likeness (QED) is 0.332. The number of methoxy groups -OCH3 is 1. The van der Waals surface area contributed by atoms with E-state index in [4.69, 9.17) is 14.2 Å². The normalized spacial score (nSPS) is 24.2. The number of halogens is 1. The summed E-state index contributed by atoms with van der Waals surface area (Å²) in [5.41, 5.74) is 5.03. The second-order valence-electron chi connectivity index (χ2n) is 12.0. The molecule has 1 spiro atoms. The van der Waals surface area contributed by atoms with E-state index in [0.29, 0.717) is 36.7 Å². The maximum atomic E-state index is 15.1. The second-order valence-corrected chi connectivity index (χ2v) is 12.0.